The number of likely N-dealkylation sites (tertiary alicyclic amines) is 1. The SMILES string of the molecule is COCCC(=O)N1CCC2(CC1)C[C@@H]([C@H]1c3ccccc3-c3cncn31)[C@H]2O. The molecule has 6 nitrogen and oxygen atoms in total. The molecule has 3 heterocycles. The number of carbonyl (C=O) groups excluding carboxylic acids is 1. The maximum atomic E-state index is 12.2. The molecular formula is C22H27N3O3. The van der Waals surface area contributed by atoms with Gasteiger partial charge in [-0.2, -0.15) is 0 Å². The fourth-order valence-electron chi connectivity index (χ4n) is 5.64. The molecule has 1 amide bonds. The van der Waals surface area contributed by atoms with E-state index in [2.05, 4.69) is 33.8 Å². The molecule has 2 fully saturated rings. The number of piperidine rings is 1. The summed E-state index contributed by atoms with van der Waals surface area (Å²) >= 11 is 0. The molecule has 1 N–H and O–H groups in total. The number of methoxy groups -OCH3 is 1. The highest BCUT2D eigenvalue weighted by Crippen LogP contribution is 2.59. The monoisotopic (exact) mass is 381 g/mol. The molecule has 6 heteroatoms. The van der Waals surface area contributed by atoms with Crippen molar-refractivity contribution in [1.29, 1.82) is 0 Å². The average molecular weight is 381 g/mol. The molecule has 148 valence electrons. The van der Waals surface area contributed by atoms with Crippen molar-refractivity contribution in [1.82, 2.24) is 14.5 Å². The first-order valence-electron chi connectivity index (χ1n) is 10.2. The number of rotatable bonds is 4. The third kappa shape index (κ3) is 2.54. The number of aliphatic hydroxyl groups is 1. The van der Waals surface area contributed by atoms with Crippen molar-refractivity contribution in [3.63, 3.8) is 0 Å². The summed E-state index contributed by atoms with van der Waals surface area (Å²) in [6.45, 7) is 1.95. The van der Waals surface area contributed by atoms with Gasteiger partial charge in [0, 0.05) is 37.1 Å². The lowest BCUT2D eigenvalue weighted by Gasteiger charge is -2.58. The minimum atomic E-state index is -0.338. The van der Waals surface area contributed by atoms with Crippen molar-refractivity contribution in [2.75, 3.05) is 26.8 Å². The van der Waals surface area contributed by atoms with Gasteiger partial charge >= 0.3 is 0 Å². The highest BCUT2D eigenvalue weighted by molar-refractivity contribution is 5.76. The molecule has 2 aromatic rings. The predicted molar refractivity (Wildman–Crippen MR) is 105 cm³/mol. The molecule has 1 saturated carbocycles. The number of hydrogen-bond acceptors (Lipinski definition) is 4. The number of fused-ring (bicyclic) bond motifs is 3. The fraction of sp³-hybridized carbons (Fsp3) is 0.545. The van der Waals surface area contributed by atoms with Gasteiger partial charge in [-0.1, -0.05) is 24.3 Å². The van der Waals surface area contributed by atoms with E-state index >= 15 is 0 Å². The van der Waals surface area contributed by atoms with Crippen LogP contribution in [0.15, 0.2) is 36.8 Å². The minimum Gasteiger partial charge on any atom is -0.392 e. The van der Waals surface area contributed by atoms with Crippen LogP contribution in [-0.4, -0.2) is 58.4 Å². The van der Waals surface area contributed by atoms with Crippen molar-refractivity contribution in [3.8, 4) is 11.3 Å². The van der Waals surface area contributed by atoms with Gasteiger partial charge in [0.25, 0.3) is 0 Å². The Bertz CT molecular complexity index is 885. The molecule has 1 spiro atoms. The van der Waals surface area contributed by atoms with Crippen LogP contribution in [0.25, 0.3) is 11.3 Å². The Hall–Kier alpha value is -2.18. The first-order chi connectivity index (χ1) is 13.6. The van der Waals surface area contributed by atoms with Gasteiger partial charge in [-0.25, -0.2) is 4.98 Å². The third-order valence-electron chi connectivity index (χ3n) is 7.23. The summed E-state index contributed by atoms with van der Waals surface area (Å²) in [6, 6.07) is 8.63. The number of ether oxygens (including phenoxy) is 1. The summed E-state index contributed by atoms with van der Waals surface area (Å²) in [5.74, 6) is 0.363. The molecule has 1 aromatic heterocycles. The second kappa shape index (κ2) is 6.71. The predicted octanol–water partition coefficient (Wildman–Crippen LogP) is 2.48. The van der Waals surface area contributed by atoms with Gasteiger partial charge in [-0.3, -0.25) is 4.79 Å². The smallest absolute Gasteiger partial charge is 0.224 e. The molecule has 5 rings (SSSR count). The molecule has 3 aliphatic rings. The topological polar surface area (TPSA) is 67.6 Å². The number of amides is 1. The normalized spacial score (nSPS) is 27.4. The van der Waals surface area contributed by atoms with E-state index in [-0.39, 0.29) is 29.4 Å². The van der Waals surface area contributed by atoms with Crippen LogP contribution < -0.4 is 0 Å². The second-order valence-corrected chi connectivity index (χ2v) is 8.52. The molecule has 1 aliphatic carbocycles. The molecular weight excluding hydrogens is 354 g/mol. The lowest BCUT2D eigenvalue weighted by atomic mass is 9.53. The van der Waals surface area contributed by atoms with Crippen molar-refractivity contribution in [2.45, 2.75) is 37.8 Å². The van der Waals surface area contributed by atoms with Crippen LogP contribution in [0.2, 0.25) is 0 Å². The lowest BCUT2D eigenvalue weighted by molar-refractivity contribution is -0.164. The Kier molecular flexibility index (Phi) is 4.29. The summed E-state index contributed by atoms with van der Waals surface area (Å²) in [7, 11) is 1.62. The Labute approximate surface area is 165 Å². The zero-order valence-electron chi connectivity index (χ0n) is 16.3. The summed E-state index contributed by atoms with van der Waals surface area (Å²) in [5.41, 5.74) is 3.64. The van der Waals surface area contributed by atoms with Crippen LogP contribution >= 0.6 is 0 Å². The molecule has 28 heavy (non-hydrogen) atoms. The molecule has 0 bridgehead atoms. The molecule has 1 aromatic carbocycles. The van der Waals surface area contributed by atoms with E-state index in [0.29, 0.717) is 13.0 Å². The summed E-state index contributed by atoms with van der Waals surface area (Å²) < 4.78 is 7.25. The molecule has 0 unspecified atom stereocenters. The van der Waals surface area contributed by atoms with Crippen molar-refractivity contribution in [3.05, 3.63) is 42.4 Å². The van der Waals surface area contributed by atoms with Gasteiger partial charge in [0.15, 0.2) is 0 Å². The molecule has 2 aliphatic heterocycles. The van der Waals surface area contributed by atoms with E-state index < -0.39 is 0 Å². The molecule has 3 atom stereocenters. The number of hydrogen-bond donors (Lipinski definition) is 1. The zero-order chi connectivity index (χ0) is 19.3. The van der Waals surface area contributed by atoms with Gasteiger partial charge in [0.05, 0.1) is 43.4 Å². The third-order valence-corrected chi connectivity index (χ3v) is 7.23. The number of carbonyl (C=O) groups is 1. The maximum Gasteiger partial charge on any atom is 0.224 e. The number of nitrogens with zero attached hydrogens (tertiary/aromatic N) is 3. The molecule has 1 saturated heterocycles. The van der Waals surface area contributed by atoms with Crippen LogP contribution in [0.4, 0.5) is 0 Å². The van der Waals surface area contributed by atoms with E-state index in [9.17, 15) is 9.90 Å². The largest absolute Gasteiger partial charge is 0.392 e. The van der Waals surface area contributed by atoms with Gasteiger partial charge in [-0.15, -0.1) is 0 Å². The maximum absolute atomic E-state index is 12.2. The van der Waals surface area contributed by atoms with Gasteiger partial charge in [0.1, 0.15) is 0 Å². The Morgan fingerprint density at radius 3 is 2.86 bits per heavy atom. The van der Waals surface area contributed by atoms with Crippen LogP contribution in [0.3, 0.4) is 0 Å². The first-order valence-corrected chi connectivity index (χ1v) is 10.2. The van der Waals surface area contributed by atoms with E-state index in [1.54, 1.807) is 7.11 Å². The number of aliphatic hydroxyl groups excluding tert-OH is 1. The van der Waals surface area contributed by atoms with Crippen molar-refractivity contribution >= 4 is 5.91 Å². The Morgan fingerprint density at radius 1 is 1.32 bits per heavy atom. The minimum absolute atomic E-state index is 0.0407. The summed E-state index contributed by atoms with van der Waals surface area (Å²) in [5, 5.41) is 11.2. The van der Waals surface area contributed by atoms with E-state index in [1.165, 1.54) is 11.1 Å². The van der Waals surface area contributed by atoms with Gasteiger partial charge in [0.2, 0.25) is 5.91 Å². The fourth-order valence-corrected chi connectivity index (χ4v) is 5.64. The number of imidazole rings is 1. The number of aromatic nitrogens is 2. The zero-order valence-corrected chi connectivity index (χ0v) is 16.3. The summed E-state index contributed by atoms with van der Waals surface area (Å²) in [4.78, 5) is 18.5. The Balaban J connectivity index is 1.30. The van der Waals surface area contributed by atoms with Gasteiger partial charge < -0.3 is 19.3 Å². The quantitative estimate of drug-likeness (QED) is 0.884. The second-order valence-electron chi connectivity index (χ2n) is 8.52. The molecule has 0 radical (unpaired) electrons. The van der Waals surface area contributed by atoms with E-state index in [0.717, 1.165) is 38.0 Å². The highest BCUT2D eigenvalue weighted by Gasteiger charge is 2.58. The highest BCUT2D eigenvalue weighted by atomic mass is 16.5. The van der Waals surface area contributed by atoms with Crippen molar-refractivity contribution < 1.29 is 14.6 Å². The van der Waals surface area contributed by atoms with Crippen LogP contribution in [-0.2, 0) is 9.53 Å². The first kappa shape index (κ1) is 17.9. The van der Waals surface area contributed by atoms with Gasteiger partial charge in [-0.05, 0) is 24.8 Å². The van der Waals surface area contributed by atoms with Crippen LogP contribution in [0.1, 0.15) is 37.3 Å². The van der Waals surface area contributed by atoms with Crippen molar-refractivity contribution in [2.24, 2.45) is 11.3 Å². The average Bonchev–Trinajstić information content (AvgIpc) is 3.32. The lowest BCUT2D eigenvalue weighted by Crippen LogP contribution is -2.59. The van der Waals surface area contributed by atoms with E-state index in [4.69, 9.17) is 4.74 Å². The standard InChI is InChI=1S/C22H27N3O3/c1-28-11-6-19(26)24-9-7-22(8-10-24)12-17(21(22)27)20-16-5-3-2-4-15(16)18-13-23-14-25(18)20/h2-5,13-14,17,20-21,27H,6-12H2,1H3/t17-,20+,21+/m0/s1. The van der Waals surface area contributed by atoms with Crippen LogP contribution in [0.5, 0.6) is 0 Å². The van der Waals surface area contributed by atoms with E-state index in [1.807, 2.05) is 17.4 Å². The Morgan fingerprint density at radius 2 is 2.11 bits per heavy atom. The summed E-state index contributed by atoms with van der Waals surface area (Å²) in [6.07, 6.45) is 6.69. The number of benzene rings is 1. The van der Waals surface area contributed by atoms with Crippen LogP contribution in [0, 0.1) is 11.3 Å².